The van der Waals surface area contributed by atoms with Crippen molar-refractivity contribution < 1.29 is 9.50 Å². The standard InChI is InChI=1S/C8H6ClFO/c1-2-5-6(10)3-4-7(11)8(5)9/h2-4,11H,1H2. The first-order valence-corrected chi connectivity index (χ1v) is 3.34. The second-order valence-corrected chi connectivity index (χ2v) is 2.38. The Morgan fingerprint density at radius 2 is 2.18 bits per heavy atom. The SMILES string of the molecule is C=Cc1c(F)ccc(O)c1Cl. The van der Waals surface area contributed by atoms with Gasteiger partial charge in [-0.15, -0.1) is 0 Å². The molecular formula is C8H6ClFO. The Hall–Kier alpha value is -1.02. The van der Waals surface area contributed by atoms with Crippen molar-refractivity contribution in [2.75, 3.05) is 0 Å². The summed E-state index contributed by atoms with van der Waals surface area (Å²) >= 11 is 5.54. The molecule has 0 amide bonds. The van der Waals surface area contributed by atoms with Crippen LogP contribution < -0.4 is 0 Å². The van der Waals surface area contributed by atoms with Crippen molar-refractivity contribution in [3.8, 4) is 5.75 Å². The zero-order valence-electron chi connectivity index (χ0n) is 5.64. The van der Waals surface area contributed by atoms with Crippen LogP contribution in [0.3, 0.4) is 0 Å². The van der Waals surface area contributed by atoms with Gasteiger partial charge in [-0.25, -0.2) is 4.39 Å². The highest BCUT2D eigenvalue weighted by atomic mass is 35.5. The van der Waals surface area contributed by atoms with Crippen LogP contribution in [0.2, 0.25) is 5.02 Å². The lowest BCUT2D eigenvalue weighted by Gasteiger charge is -2.01. The summed E-state index contributed by atoms with van der Waals surface area (Å²) in [4.78, 5) is 0. The zero-order valence-corrected chi connectivity index (χ0v) is 6.40. The summed E-state index contributed by atoms with van der Waals surface area (Å²) in [7, 11) is 0. The highest BCUT2D eigenvalue weighted by Gasteiger charge is 2.06. The summed E-state index contributed by atoms with van der Waals surface area (Å²) < 4.78 is 12.8. The first-order chi connectivity index (χ1) is 5.16. The minimum atomic E-state index is -0.484. The first kappa shape index (κ1) is 8.08. The van der Waals surface area contributed by atoms with E-state index in [2.05, 4.69) is 6.58 Å². The Bertz CT molecular complexity index is 296. The fourth-order valence-corrected chi connectivity index (χ4v) is 0.975. The molecule has 1 aromatic carbocycles. The Morgan fingerprint density at radius 1 is 1.55 bits per heavy atom. The van der Waals surface area contributed by atoms with Gasteiger partial charge in [0.2, 0.25) is 0 Å². The van der Waals surface area contributed by atoms with E-state index < -0.39 is 5.82 Å². The number of benzene rings is 1. The van der Waals surface area contributed by atoms with Gasteiger partial charge in [0.05, 0.1) is 5.02 Å². The average molecular weight is 173 g/mol. The smallest absolute Gasteiger partial charge is 0.134 e. The van der Waals surface area contributed by atoms with E-state index in [1.165, 1.54) is 12.1 Å². The van der Waals surface area contributed by atoms with Crippen molar-refractivity contribution in [2.24, 2.45) is 0 Å². The molecule has 1 N–H and O–H groups in total. The third kappa shape index (κ3) is 1.35. The summed E-state index contributed by atoms with van der Waals surface area (Å²) in [6.07, 6.45) is 1.26. The van der Waals surface area contributed by atoms with Gasteiger partial charge in [-0.2, -0.15) is 0 Å². The van der Waals surface area contributed by atoms with Gasteiger partial charge < -0.3 is 5.11 Å². The maximum Gasteiger partial charge on any atom is 0.134 e. The normalized spacial score (nSPS) is 9.64. The van der Waals surface area contributed by atoms with Crippen LogP contribution in [0.4, 0.5) is 4.39 Å². The summed E-state index contributed by atoms with van der Waals surface area (Å²) in [6, 6.07) is 2.34. The van der Waals surface area contributed by atoms with Crippen molar-refractivity contribution in [1.29, 1.82) is 0 Å². The quantitative estimate of drug-likeness (QED) is 0.691. The monoisotopic (exact) mass is 172 g/mol. The number of halogens is 2. The molecule has 0 aliphatic heterocycles. The topological polar surface area (TPSA) is 20.2 Å². The van der Waals surface area contributed by atoms with E-state index in [0.29, 0.717) is 0 Å². The molecule has 0 aromatic heterocycles. The lowest BCUT2D eigenvalue weighted by molar-refractivity contribution is 0.473. The summed E-state index contributed by atoms with van der Waals surface area (Å²) in [6.45, 7) is 3.36. The van der Waals surface area contributed by atoms with Gasteiger partial charge in [-0.05, 0) is 12.1 Å². The van der Waals surface area contributed by atoms with Crippen LogP contribution in [0.15, 0.2) is 18.7 Å². The average Bonchev–Trinajstić information content (AvgIpc) is 1.99. The molecule has 3 heteroatoms. The molecule has 0 saturated heterocycles. The maximum atomic E-state index is 12.8. The van der Waals surface area contributed by atoms with Crippen LogP contribution in [-0.4, -0.2) is 5.11 Å². The largest absolute Gasteiger partial charge is 0.506 e. The van der Waals surface area contributed by atoms with Crippen LogP contribution in [0.5, 0.6) is 5.75 Å². The highest BCUT2D eigenvalue weighted by molar-refractivity contribution is 6.33. The van der Waals surface area contributed by atoms with Gasteiger partial charge in [0.25, 0.3) is 0 Å². The van der Waals surface area contributed by atoms with Gasteiger partial charge in [-0.1, -0.05) is 24.3 Å². The predicted molar refractivity (Wildman–Crippen MR) is 43.2 cm³/mol. The van der Waals surface area contributed by atoms with E-state index >= 15 is 0 Å². The van der Waals surface area contributed by atoms with Gasteiger partial charge in [0, 0.05) is 5.56 Å². The Balaban J connectivity index is 3.40. The number of phenolic OH excluding ortho intramolecular Hbond substituents is 1. The fraction of sp³-hybridized carbons (Fsp3) is 0. The first-order valence-electron chi connectivity index (χ1n) is 2.96. The van der Waals surface area contributed by atoms with Crippen LogP contribution >= 0.6 is 11.6 Å². The van der Waals surface area contributed by atoms with E-state index in [1.807, 2.05) is 0 Å². The summed E-state index contributed by atoms with van der Waals surface area (Å²) in [5, 5.41) is 9.01. The molecule has 58 valence electrons. The molecule has 0 bridgehead atoms. The molecule has 1 nitrogen and oxygen atoms in total. The molecule has 0 fully saturated rings. The number of hydrogen-bond acceptors (Lipinski definition) is 1. The van der Waals surface area contributed by atoms with Gasteiger partial charge >= 0.3 is 0 Å². The summed E-state index contributed by atoms with van der Waals surface area (Å²) in [5.41, 5.74) is 0.131. The van der Waals surface area contributed by atoms with Gasteiger partial charge in [-0.3, -0.25) is 0 Å². The molecular weight excluding hydrogens is 167 g/mol. The molecule has 0 atom stereocenters. The molecule has 1 aromatic rings. The third-order valence-corrected chi connectivity index (χ3v) is 1.71. The second kappa shape index (κ2) is 2.93. The van der Waals surface area contributed by atoms with Crippen molar-refractivity contribution >= 4 is 17.7 Å². The Labute approximate surface area is 68.7 Å². The van der Waals surface area contributed by atoms with Crippen LogP contribution in [0.1, 0.15) is 5.56 Å². The zero-order chi connectivity index (χ0) is 8.43. The van der Waals surface area contributed by atoms with Crippen molar-refractivity contribution in [2.45, 2.75) is 0 Å². The predicted octanol–water partition coefficient (Wildman–Crippen LogP) is 2.83. The number of rotatable bonds is 1. The molecule has 0 heterocycles. The van der Waals surface area contributed by atoms with E-state index in [1.54, 1.807) is 0 Å². The van der Waals surface area contributed by atoms with Crippen LogP contribution in [-0.2, 0) is 0 Å². The number of aromatic hydroxyl groups is 1. The molecule has 0 radical (unpaired) electrons. The van der Waals surface area contributed by atoms with Crippen LogP contribution in [0.25, 0.3) is 6.08 Å². The highest BCUT2D eigenvalue weighted by Crippen LogP contribution is 2.29. The van der Waals surface area contributed by atoms with E-state index in [-0.39, 0.29) is 16.3 Å². The Morgan fingerprint density at radius 3 is 2.64 bits per heavy atom. The van der Waals surface area contributed by atoms with Gasteiger partial charge in [0.15, 0.2) is 0 Å². The van der Waals surface area contributed by atoms with Crippen molar-refractivity contribution in [1.82, 2.24) is 0 Å². The molecule has 0 aliphatic carbocycles. The number of hydrogen-bond donors (Lipinski definition) is 1. The summed E-state index contributed by atoms with van der Waals surface area (Å²) in [5.74, 6) is -0.620. The van der Waals surface area contributed by atoms with Crippen molar-refractivity contribution in [3.63, 3.8) is 0 Å². The third-order valence-electron chi connectivity index (χ3n) is 1.31. The fourth-order valence-electron chi connectivity index (χ4n) is 0.745. The molecule has 0 unspecified atom stereocenters. The van der Waals surface area contributed by atoms with Gasteiger partial charge in [0.1, 0.15) is 11.6 Å². The molecule has 11 heavy (non-hydrogen) atoms. The molecule has 0 spiro atoms. The Kier molecular flexibility index (Phi) is 2.15. The lowest BCUT2D eigenvalue weighted by atomic mass is 10.2. The maximum absolute atomic E-state index is 12.8. The van der Waals surface area contributed by atoms with E-state index in [4.69, 9.17) is 16.7 Å². The minimum Gasteiger partial charge on any atom is -0.506 e. The lowest BCUT2D eigenvalue weighted by Crippen LogP contribution is -1.82. The van der Waals surface area contributed by atoms with Crippen LogP contribution in [0, 0.1) is 5.82 Å². The molecule has 0 aliphatic rings. The van der Waals surface area contributed by atoms with Crippen molar-refractivity contribution in [3.05, 3.63) is 35.1 Å². The van der Waals surface area contributed by atoms with E-state index in [0.717, 1.165) is 6.07 Å². The van der Waals surface area contributed by atoms with E-state index in [9.17, 15) is 4.39 Å². The molecule has 1 rings (SSSR count). The second-order valence-electron chi connectivity index (χ2n) is 2.00. The number of phenols is 1. The minimum absolute atomic E-state index is 0.000000000000000222. The molecule has 0 saturated carbocycles.